The number of ether oxygens (including phenoxy) is 2. The summed E-state index contributed by atoms with van der Waals surface area (Å²) in [7, 11) is 3.05. The molecule has 0 bridgehead atoms. The molecule has 5 aromatic rings. The molecule has 3 heterocycles. The molecule has 0 saturated carbocycles. The summed E-state index contributed by atoms with van der Waals surface area (Å²) in [6, 6.07) is 18.9. The standard InChI is InChI=1S/C34H33FN6O4/c1-44-25-12-7-22(8-13-25)19-41-20-27-31(39-41)29(32(36)42)30(38-33(27)40-15-3-4-16-40)23-9-5-21(6-10-23)18-37-34(43)26-17-24(35)11-14-28(26)45-2/h5-14,17,20H,3-4,15-16,18-19H2,1-2H3,(H2,36,42)(H,37,43). The number of primary amides is 1. The molecular formula is C34H33FN6O4. The van der Waals surface area contributed by atoms with Crippen molar-refractivity contribution in [3.8, 4) is 22.8 Å². The Kier molecular flexibility index (Phi) is 8.33. The number of hydrogen-bond acceptors (Lipinski definition) is 7. The Balaban J connectivity index is 1.32. The molecule has 0 unspecified atom stereocenters. The van der Waals surface area contributed by atoms with Crippen LogP contribution in [-0.4, -0.2) is 53.9 Å². The van der Waals surface area contributed by atoms with Crippen molar-refractivity contribution in [2.24, 2.45) is 5.73 Å². The van der Waals surface area contributed by atoms with Crippen molar-refractivity contribution in [2.75, 3.05) is 32.2 Å². The van der Waals surface area contributed by atoms with Crippen LogP contribution in [0.4, 0.5) is 10.2 Å². The van der Waals surface area contributed by atoms with Crippen molar-refractivity contribution >= 4 is 28.5 Å². The first-order valence-electron chi connectivity index (χ1n) is 14.6. The summed E-state index contributed by atoms with van der Waals surface area (Å²) in [5.41, 5.74) is 9.81. The minimum Gasteiger partial charge on any atom is -0.497 e. The second-order valence-corrected chi connectivity index (χ2v) is 10.9. The fourth-order valence-electron chi connectivity index (χ4n) is 5.63. The number of hydrogen-bond donors (Lipinski definition) is 2. The number of nitrogens with zero attached hydrogens (tertiary/aromatic N) is 4. The molecule has 230 valence electrons. The van der Waals surface area contributed by atoms with Crippen molar-refractivity contribution in [1.82, 2.24) is 20.1 Å². The molecule has 2 aromatic heterocycles. The Morgan fingerprint density at radius 1 is 0.956 bits per heavy atom. The number of pyridine rings is 1. The second-order valence-electron chi connectivity index (χ2n) is 10.9. The summed E-state index contributed by atoms with van der Waals surface area (Å²) in [5.74, 6) is 0.211. The van der Waals surface area contributed by atoms with Gasteiger partial charge in [-0.1, -0.05) is 36.4 Å². The molecule has 1 aliphatic rings. The number of nitrogens with one attached hydrogen (secondary N) is 1. The van der Waals surface area contributed by atoms with Gasteiger partial charge in [-0.15, -0.1) is 0 Å². The second kappa shape index (κ2) is 12.7. The van der Waals surface area contributed by atoms with Crippen LogP contribution in [0.15, 0.2) is 72.9 Å². The average Bonchev–Trinajstić information content (AvgIpc) is 3.74. The highest BCUT2D eigenvalue weighted by molar-refractivity contribution is 6.12. The van der Waals surface area contributed by atoms with E-state index in [1.807, 2.05) is 59.4 Å². The fourth-order valence-corrected chi connectivity index (χ4v) is 5.63. The van der Waals surface area contributed by atoms with E-state index < -0.39 is 17.6 Å². The number of nitrogens with two attached hydrogens (primary N) is 1. The molecule has 10 nitrogen and oxygen atoms in total. The van der Waals surface area contributed by atoms with Gasteiger partial charge in [-0.3, -0.25) is 14.3 Å². The monoisotopic (exact) mass is 608 g/mol. The lowest BCUT2D eigenvalue weighted by Crippen LogP contribution is -2.23. The van der Waals surface area contributed by atoms with Crippen molar-refractivity contribution in [1.29, 1.82) is 0 Å². The number of benzene rings is 3. The lowest BCUT2D eigenvalue weighted by molar-refractivity contribution is 0.0946. The maximum absolute atomic E-state index is 13.8. The van der Waals surface area contributed by atoms with Gasteiger partial charge in [0.15, 0.2) is 0 Å². The summed E-state index contributed by atoms with van der Waals surface area (Å²) in [4.78, 5) is 33.0. The molecule has 45 heavy (non-hydrogen) atoms. The van der Waals surface area contributed by atoms with Gasteiger partial charge in [0.2, 0.25) is 0 Å². The molecule has 3 N–H and O–H groups in total. The van der Waals surface area contributed by atoms with E-state index in [0.29, 0.717) is 23.3 Å². The fraction of sp³-hybridized carbons (Fsp3) is 0.235. The van der Waals surface area contributed by atoms with Gasteiger partial charge in [0.25, 0.3) is 11.8 Å². The van der Waals surface area contributed by atoms with Crippen molar-refractivity contribution < 1.29 is 23.5 Å². The summed E-state index contributed by atoms with van der Waals surface area (Å²) in [5, 5.41) is 8.42. The first kappa shape index (κ1) is 29.6. The number of aromatic nitrogens is 3. The van der Waals surface area contributed by atoms with E-state index >= 15 is 0 Å². The predicted molar refractivity (Wildman–Crippen MR) is 169 cm³/mol. The number of halogens is 1. The zero-order valence-corrected chi connectivity index (χ0v) is 25.0. The van der Waals surface area contributed by atoms with E-state index in [1.54, 1.807) is 7.11 Å². The van der Waals surface area contributed by atoms with Gasteiger partial charge in [-0.05, 0) is 54.3 Å². The number of carbonyl (C=O) groups excluding carboxylic acids is 2. The Morgan fingerprint density at radius 2 is 1.67 bits per heavy atom. The third-order valence-electron chi connectivity index (χ3n) is 7.94. The lowest BCUT2D eigenvalue weighted by atomic mass is 10.0. The van der Waals surface area contributed by atoms with Crippen LogP contribution in [0.3, 0.4) is 0 Å². The summed E-state index contributed by atoms with van der Waals surface area (Å²) < 4.78 is 26.0. The smallest absolute Gasteiger partial charge is 0.255 e. The molecule has 3 aromatic carbocycles. The van der Waals surface area contributed by atoms with E-state index in [1.165, 1.54) is 19.2 Å². The zero-order valence-electron chi connectivity index (χ0n) is 25.0. The van der Waals surface area contributed by atoms with Crippen LogP contribution in [0.1, 0.15) is 44.7 Å². The molecule has 1 aliphatic heterocycles. The molecular weight excluding hydrogens is 575 g/mol. The van der Waals surface area contributed by atoms with E-state index in [9.17, 15) is 14.0 Å². The Bertz CT molecular complexity index is 1870. The molecule has 1 fully saturated rings. The van der Waals surface area contributed by atoms with Crippen LogP contribution in [-0.2, 0) is 13.1 Å². The average molecular weight is 609 g/mol. The van der Waals surface area contributed by atoms with E-state index in [-0.39, 0.29) is 23.4 Å². The van der Waals surface area contributed by atoms with E-state index in [2.05, 4.69) is 10.2 Å². The molecule has 0 radical (unpaired) electrons. The Morgan fingerprint density at radius 3 is 2.33 bits per heavy atom. The van der Waals surface area contributed by atoms with Crippen LogP contribution >= 0.6 is 0 Å². The van der Waals surface area contributed by atoms with Crippen molar-refractivity contribution in [3.63, 3.8) is 0 Å². The minimum atomic E-state index is -0.620. The largest absolute Gasteiger partial charge is 0.497 e. The molecule has 6 rings (SSSR count). The van der Waals surface area contributed by atoms with Gasteiger partial charge in [0, 0.05) is 31.4 Å². The number of anilines is 1. The topological polar surface area (TPSA) is 125 Å². The van der Waals surface area contributed by atoms with Gasteiger partial charge >= 0.3 is 0 Å². The Hall–Kier alpha value is -5.45. The number of rotatable bonds is 10. The van der Waals surface area contributed by atoms with Crippen LogP contribution in [0.5, 0.6) is 11.5 Å². The van der Waals surface area contributed by atoms with Crippen molar-refractivity contribution in [2.45, 2.75) is 25.9 Å². The predicted octanol–water partition coefficient (Wildman–Crippen LogP) is 4.93. The van der Waals surface area contributed by atoms with Crippen molar-refractivity contribution in [3.05, 3.63) is 101 Å². The molecule has 11 heteroatoms. The normalized spacial score (nSPS) is 12.8. The minimum absolute atomic E-state index is 0.110. The number of amides is 2. The summed E-state index contributed by atoms with van der Waals surface area (Å²) >= 11 is 0. The number of methoxy groups -OCH3 is 2. The third kappa shape index (κ3) is 6.14. The first-order chi connectivity index (χ1) is 21.8. The maximum Gasteiger partial charge on any atom is 0.255 e. The highest BCUT2D eigenvalue weighted by atomic mass is 19.1. The van der Waals surface area contributed by atoms with Gasteiger partial charge in [-0.25, -0.2) is 9.37 Å². The van der Waals surface area contributed by atoms with Gasteiger partial charge in [-0.2, -0.15) is 5.10 Å². The highest BCUT2D eigenvalue weighted by Crippen LogP contribution is 2.35. The molecule has 0 aliphatic carbocycles. The van der Waals surface area contributed by atoms with E-state index in [0.717, 1.165) is 60.1 Å². The van der Waals surface area contributed by atoms with Crippen LogP contribution in [0.2, 0.25) is 0 Å². The SMILES string of the molecule is COc1ccc(Cn2cc3c(N4CCCC4)nc(-c4ccc(CNC(=O)c5cc(F)ccc5OC)cc4)c(C(N)=O)c3n2)cc1. The number of carbonyl (C=O) groups is 2. The molecule has 2 amide bonds. The van der Waals surface area contributed by atoms with Gasteiger partial charge < -0.3 is 25.4 Å². The number of fused-ring (bicyclic) bond motifs is 1. The van der Waals surface area contributed by atoms with Gasteiger partial charge in [0.1, 0.15) is 28.7 Å². The first-order valence-corrected chi connectivity index (χ1v) is 14.6. The molecule has 0 spiro atoms. The quantitative estimate of drug-likeness (QED) is 0.230. The Labute approximate surface area is 259 Å². The zero-order chi connectivity index (χ0) is 31.5. The van der Waals surface area contributed by atoms with Crippen LogP contribution in [0, 0.1) is 5.82 Å². The summed E-state index contributed by atoms with van der Waals surface area (Å²) in [6.45, 7) is 2.40. The van der Waals surface area contributed by atoms with Crippen LogP contribution in [0.25, 0.3) is 22.2 Å². The maximum atomic E-state index is 13.8. The summed E-state index contributed by atoms with van der Waals surface area (Å²) in [6.07, 6.45) is 4.03. The third-order valence-corrected chi connectivity index (χ3v) is 7.94. The lowest BCUT2D eigenvalue weighted by Gasteiger charge is -2.19. The molecule has 1 saturated heterocycles. The van der Waals surface area contributed by atoms with E-state index in [4.69, 9.17) is 25.3 Å². The van der Waals surface area contributed by atoms with Gasteiger partial charge in [0.05, 0.1) is 43.0 Å². The van der Waals surface area contributed by atoms with Crippen LogP contribution < -0.4 is 25.4 Å². The molecule has 0 atom stereocenters. The highest BCUT2D eigenvalue weighted by Gasteiger charge is 2.26.